The molecule has 0 rings (SSSR count). The lowest BCUT2D eigenvalue weighted by molar-refractivity contribution is -0.123. The minimum absolute atomic E-state index is 0.0857. The monoisotopic (exact) mass is 630 g/mol. The summed E-state index contributed by atoms with van der Waals surface area (Å²) in [5.41, 5.74) is 0. The summed E-state index contributed by atoms with van der Waals surface area (Å²) in [6, 6.07) is -0.644. The third-order valence-electron chi connectivity index (χ3n) is 8.61. The molecular formula is C41H75NO3. The number of unbranched alkanes of at least 4 members (excludes halogenated alkanes) is 22. The average molecular weight is 630 g/mol. The van der Waals surface area contributed by atoms with Gasteiger partial charge in [0.15, 0.2) is 0 Å². The zero-order valence-electron chi connectivity index (χ0n) is 29.9. The summed E-state index contributed by atoms with van der Waals surface area (Å²) in [7, 11) is 0. The van der Waals surface area contributed by atoms with Gasteiger partial charge in [0.05, 0.1) is 18.8 Å². The van der Waals surface area contributed by atoms with E-state index in [1.54, 1.807) is 6.08 Å². The van der Waals surface area contributed by atoms with Gasteiger partial charge in [-0.05, 0) is 64.7 Å². The van der Waals surface area contributed by atoms with E-state index in [9.17, 15) is 15.0 Å². The molecule has 0 spiro atoms. The van der Waals surface area contributed by atoms with Crippen LogP contribution in [0, 0.1) is 0 Å². The third-order valence-corrected chi connectivity index (χ3v) is 8.61. The molecule has 0 aromatic carbocycles. The number of aliphatic hydroxyl groups excluding tert-OH is 2. The van der Waals surface area contributed by atoms with Gasteiger partial charge < -0.3 is 15.5 Å². The Kier molecular flexibility index (Phi) is 35.5. The van der Waals surface area contributed by atoms with E-state index in [2.05, 4.69) is 48.7 Å². The summed E-state index contributed by atoms with van der Waals surface area (Å²) >= 11 is 0. The quantitative estimate of drug-likeness (QED) is 0.0490. The van der Waals surface area contributed by atoms with Gasteiger partial charge in [0, 0.05) is 6.42 Å². The fourth-order valence-electron chi connectivity index (χ4n) is 5.62. The van der Waals surface area contributed by atoms with E-state index < -0.39 is 12.1 Å². The fraction of sp³-hybridized carbons (Fsp3) is 0.780. The molecular weight excluding hydrogens is 554 g/mol. The van der Waals surface area contributed by atoms with Gasteiger partial charge >= 0.3 is 0 Å². The molecule has 2 atom stereocenters. The van der Waals surface area contributed by atoms with Crippen molar-refractivity contribution in [2.24, 2.45) is 0 Å². The van der Waals surface area contributed by atoms with Crippen LogP contribution in [0.5, 0.6) is 0 Å². The Bertz CT molecular complexity index is 726. The Morgan fingerprint density at radius 1 is 0.556 bits per heavy atom. The van der Waals surface area contributed by atoms with E-state index in [0.717, 1.165) is 38.5 Å². The number of amides is 1. The van der Waals surface area contributed by atoms with E-state index in [1.807, 2.05) is 13.0 Å². The highest BCUT2D eigenvalue weighted by Crippen LogP contribution is 2.14. The van der Waals surface area contributed by atoms with Crippen LogP contribution >= 0.6 is 0 Å². The largest absolute Gasteiger partial charge is 0.394 e. The second-order valence-electron chi connectivity index (χ2n) is 13.0. The highest BCUT2D eigenvalue weighted by molar-refractivity contribution is 5.76. The van der Waals surface area contributed by atoms with Crippen molar-refractivity contribution in [2.75, 3.05) is 6.61 Å². The topological polar surface area (TPSA) is 69.6 Å². The van der Waals surface area contributed by atoms with Crippen LogP contribution in [0.15, 0.2) is 48.6 Å². The number of nitrogens with one attached hydrogen (secondary N) is 1. The van der Waals surface area contributed by atoms with Crippen molar-refractivity contribution in [3.63, 3.8) is 0 Å². The molecule has 0 fully saturated rings. The van der Waals surface area contributed by atoms with Crippen molar-refractivity contribution in [1.82, 2.24) is 5.32 Å². The van der Waals surface area contributed by atoms with Crippen molar-refractivity contribution in [3.05, 3.63) is 48.6 Å². The molecule has 0 heterocycles. The Balaban J connectivity index is 3.54. The van der Waals surface area contributed by atoms with Crippen molar-refractivity contribution in [2.45, 2.75) is 199 Å². The molecule has 0 aromatic heterocycles. The molecule has 0 aliphatic heterocycles. The molecule has 3 N–H and O–H groups in total. The molecule has 0 aliphatic carbocycles. The van der Waals surface area contributed by atoms with Crippen molar-refractivity contribution >= 4 is 5.91 Å². The minimum Gasteiger partial charge on any atom is -0.394 e. The van der Waals surface area contributed by atoms with Gasteiger partial charge in [-0.15, -0.1) is 0 Å². The molecule has 0 saturated carbocycles. The lowest BCUT2D eigenvalue weighted by Gasteiger charge is -2.19. The summed E-state index contributed by atoms with van der Waals surface area (Å²) in [6.07, 6.45) is 49.5. The standard InChI is InChI=1S/C41H75NO3/c1-3-5-7-9-11-13-14-15-16-17-18-19-20-21-22-23-24-25-26-27-29-31-33-35-37-41(45)42-39(38-43)40(44)36-34-32-30-28-12-10-8-6-4-2/h4,6,12,21-22,28,34,36,39-40,43-44H,3,5,7-11,13-20,23-27,29-33,35,37-38H2,1-2H3,(H,42,45)/b6-4+,22-21-,28-12+,36-34+. The number of hydrogen-bond acceptors (Lipinski definition) is 3. The van der Waals surface area contributed by atoms with Crippen LogP contribution < -0.4 is 5.32 Å². The first-order chi connectivity index (χ1) is 22.2. The molecule has 0 radical (unpaired) electrons. The average Bonchev–Trinajstić information content (AvgIpc) is 3.04. The maximum absolute atomic E-state index is 12.3. The molecule has 2 unspecified atom stereocenters. The van der Waals surface area contributed by atoms with Crippen molar-refractivity contribution in [3.8, 4) is 0 Å². The van der Waals surface area contributed by atoms with Gasteiger partial charge in [-0.25, -0.2) is 0 Å². The van der Waals surface area contributed by atoms with Crippen LogP contribution in [-0.4, -0.2) is 34.9 Å². The fourth-order valence-corrected chi connectivity index (χ4v) is 5.62. The number of rotatable bonds is 34. The van der Waals surface area contributed by atoms with Crippen LogP contribution in [0.4, 0.5) is 0 Å². The molecule has 262 valence electrons. The maximum Gasteiger partial charge on any atom is 0.220 e. The van der Waals surface area contributed by atoms with E-state index in [0.29, 0.717) is 6.42 Å². The van der Waals surface area contributed by atoms with Gasteiger partial charge in [0.2, 0.25) is 5.91 Å². The van der Waals surface area contributed by atoms with Gasteiger partial charge in [-0.3, -0.25) is 4.79 Å². The lowest BCUT2D eigenvalue weighted by Crippen LogP contribution is -2.45. The minimum atomic E-state index is -0.868. The summed E-state index contributed by atoms with van der Waals surface area (Å²) in [5, 5.41) is 22.7. The SMILES string of the molecule is C/C=C/CC/C=C/CC/C=C/C(O)C(CO)NC(=O)CCCCCCCCCC/C=C\CCCCCCCCCCCCCC. The highest BCUT2D eigenvalue weighted by Gasteiger charge is 2.17. The number of allylic oxidation sites excluding steroid dienone is 7. The van der Waals surface area contributed by atoms with E-state index >= 15 is 0 Å². The van der Waals surface area contributed by atoms with Gasteiger partial charge in [0.25, 0.3) is 0 Å². The van der Waals surface area contributed by atoms with Crippen LogP contribution in [0.1, 0.15) is 187 Å². The van der Waals surface area contributed by atoms with Gasteiger partial charge in [0.1, 0.15) is 0 Å². The van der Waals surface area contributed by atoms with Gasteiger partial charge in [-0.1, -0.05) is 165 Å². The third kappa shape index (κ3) is 33.5. The zero-order chi connectivity index (χ0) is 32.9. The Hall–Kier alpha value is -1.65. The Morgan fingerprint density at radius 3 is 1.42 bits per heavy atom. The lowest BCUT2D eigenvalue weighted by atomic mass is 10.0. The van der Waals surface area contributed by atoms with Crippen molar-refractivity contribution in [1.29, 1.82) is 0 Å². The number of carbonyl (C=O) groups is 1. The first kappa shape index (κ1) is 43.4. The summed E-state index contributed by atoms with van der Waals surface area (Å²) < 4.78 is 0. The summed E-state index contributed by atoms with van der Waals surface area (Å²) in [6.45, 7) is 4.05. The Labute approximate surface area is 280 Å². The van der Waals surface area contributed by atoms with Crippen molar-refractivity contribution < 1.29 is 15.0 Å². The summed E-state index contributed by atoms with van der Waals surface area (Å²) in [5.74, 6) is -0.0857. The van der Waals surface area contributed by atoms with Crippen LogP contribution in [-0.2, 0) is 4.79 Å². The first-order valence-electron chi connectivity index (χ1n) is 19.3. The highest BCUT2D eigenvalue weighted by atomic mass is 16.3. The normalized spacial score (nSPS) is 13.6. The molecule has 0 saturated heterocycles. The second kappa shape index (κ2) is 36.8. The molecule has 4 nitrogen and oxygen atoms in total. The smallest absolute Gasteiger partial charge is 0.220 e. The second-order valence-corrected chi connectivity index (χ2v) is 13.0. The molecule has 4 heteroatoms. The number of carbonyl (C=O) groups excluding carboxylic acids is 1. The summed E-state index contributed by atoms with van der Waals surface area (Å²) in [4.78, 5) is 12.3. The molecule has 0 aromatic rings. The molecule has 0 bridgehead atoms. The van der Waals surface area contributed by atoms with E-state index in [4.69, 9.17) is 0 Å². The zero-order valence-corrected chi connectivity index (χ0v) is 29.9. The van der Waals surface area contributed by atoms with E-state index in [1.165, 1.54) is 128 Å². The first-order valence-corrected chi connectivity index (χ1v) is 19.3. The predicted octanol–water partition coefficient (Wildman–Crippen LogP) is 11.6. The van der Waals surface area contributed by atoms with Crippen LogP contribution in [0.25, 0.3) is 0 Å². The Morgan fingerprint density at radius 2 is 0.956 bits per heavy atom. The van der Waals surface area contributed by atoms with Crippen LogP contribution in [0.2, 0.25) is 0 Å². The number of hydrogen-bond donors (Lipinski definition) is 3. The molecule has 45 heavy (non-hydrogen) atoms. The number of aliphatic hydroxyl groups is 2. The predicted molar refractivity (Wildman–Crippen MR) is 198 cm³/mol. The molecule has 0 aliphatic rings. The van der Waals surface area contributed by atoms with Crippen LogP contribution in [0.3, 0.4) is 0 Å². The van der Waals surface area contributed by atoms with E-state index in [-0.39, 0.29) is 12.5 Å². The van der Waals surface area contributed by atoms with Gasteiger partial charge in [-0.2, -0.15) is 0 Å². The maximum atomic E-state index is 12.3. The molecule has 1 amide bonds.